The number of nitrogens with zero attached hydrogens (tertiary/aromatic N) is 2. The number of ether oxygens (including phenoxy) is 2. The molecule has 0 bridgehead atoms. The minimum atomic E-state index is 0.306. The van der Waals surface area contributed by atoms with Gasteiger partial charge in [-0.2, -0.15) is 4.98 Å². The highest BCUT2D eigenvalue weighted by molar-refractivity contribution is 5.67. The van der Waals surface area contributed by atoms with Crippen molar-refractivity contribution in [3.05, 3.63) is 35.5 Å². The van der Waals surface area contributed by atoms with Crippen LogP contribution in [0.4, 0.5) is 0 Å². The van der Waals surface area contributed by atoms with Gasteiger partial charge in [0.05, 0.1) is 14.2 Å². The molecule has 0 aliphatic carbocycles. The summed E-state index contributed by atoms with van der Waals surface area (Å²) in [6.07, 6.45) is 4.40. The van der Waals surface area contributed by atoms with Gasteiger partial charge >= 0.3 is 0 Å². The zero-order valence-electron chi connectivity index (χ0n) is 13.3. The van der Waals surface area contributed by atoms with Gasteiger partial charge in [-0.15, -0.1) is 0 Å². The molecule has 6 heteroatoms. The molecule has 118 valence electrons. The summed E-state index contributed by atoms with van der Waals surface area (Å²) >= 11 is 0. The molecule has 0 aliphatic rings. The summed E-state index contributed by atoms with van der Waals surface area (Å²) in [5.41, 5.74) is 0.959. The van der Waals surface area contributed by atoms with Crippen LogP contribution < -0.4 is 14.8 Å². The number of aromatic nitrogens is 2. The molecule has 1 unspecified atom stereocenters. The second kappa shape index (κ2) is 7.61. The van der Waals surface area contributed by atoms with E-state index < -0.39 is 0 Å². The molecule has 2 aromatic rings. The monoisotopic (exact) mass is 303 g/mol. The van der Waals surface area contributed by atoms with Crippen LogP contribution in [0.2, 0.25) is 0 Å². The third kappa shape index (κ3) is 4.08. The molecular formula is C16H21N3O3. The Kier molecular flexibility index (Phi) is 5.55. The number of methoxy groups -OCH3 is 2. The van der Waals surface area contributed by atoms with Crippen molar-refractivity contribution in [1.82, 2.24) is 15.5 Å². The number of rotatable bonds is 7. The standard InChI is InChI=1S/C16H21N3O3/c1-11(17-2)9-15-18-16(22-19-15)8-6-12-5-7-13(20-3)14(10-12)21-4/h5-8,10-11,17H,9H2,1-4H3/b8-6+. The average molecular weight is 303 g/mol. The summed E-state index contributed by atoms with van der Waals surface area (Å²) in [5, 5.41) is 7.09. The summed E-state index contributed by atoms with van der Waals surface area (Å²) in [4.78, 5) is 4.33. The summed E-state index contributed by atoms with van der Waals surface area (Å²) in [6, 6.07) is 5.97. The van der Waals surface area contributed by atoms with Gasteiger partial charge in [0.25, 0.3) is 5.89 Å². The molecule has 0 amide bonds. The lowest BCUT2D eigenvalue weighted by Gasteiger charge is -2.07. The van der Waals surface area contributed by atoms with Crippen LogP contribution >= 0.6 is 0 Å². The number of likely N-dealkylation sites (N-methyl/N-ethyl adjacent to an activating group) is 1. The third-order valence-corrected chi connectivity index (χ3v) is 3.29. The maximum Gasteiger partial charge on any atom is 0.250 e. The number of benzene rings is 1. The van der Waals surface area contributed by atoms with E-state index in [0.29, 0.717) is 29.3 Å². The molecule has 0 fully saturated rings. The van der Waals surface area contributed by atoms with Gasteiger partial charge in [-0.25, -0.2) is 0 Å². The Morgan fingerprint density at radius 2 is 2.00 bits per heavy atom. The Morgan fingerprint density at radius 1 is 1.23 bits per heavy atom. The fourth-order valence-electron chi connectivity index (χ4n) is 1.92. The summed E-state index contributed by atoms with van der Waals surface area (Å²) < 4.78 is 15.7. The summed E-state index contributed by atoms with van der Waals surface area (Å²) in [7, 11) is 5.13. The number of hydrogen-bond donors (Lipinski definition) is 1. The maximum absolute atomic E-state index is 5.27. The normalized spacial score (nSPS) is 12.5. The minimum absolute atomic E-state index is 0.306. The van der Waals surface area contributed by atoms with Gasteiger partial charge in [0, 0.05) is 18.5 Å². The Bertz CT molecular complexity index is 637. The first-order valence-electron chi connectivity index (χ1n) is 7.06. The van der Waals surface area contributed by atoms with Crippen LogP contribution in [-0.4, -0.2) is 37.4 Å². The second-order valence-electron chi connectivity index (χ2n) is 4.89. The molecule has 1 aromatic carbocycles. The Morgan fingerprint density at radius 3 is 2.68 bits per heavy atom. The fourth-order valence-corrected chi connectivity index (χ4v) is 1.92. The van der Waals surface area contributed by atoms with E-state index in [1.54, 1.807) is 20.3 Å². The largest absolute Gasteiger partial charge is 0.493 e. The Labute approximate surface area is 130 Å². The van der Waals surface area contributed by atoms with Gasteiger partial charge in [-0.05, 0) is 37.7 Å². The van der Waals surface area contributed by atoms with Crippen molar-refractivity contribution in [2.45, 2.75) is 19.4 Å². The van der Waals surface area contributed by atoms with Crippen molar-refractivity contribution >= 4 is 12.2 Å². The van der Waals surface area contributed by atoms with Crippen molar-refractivity contribution < 1.29 is 14.0 Å². The first-order chi connectivity index (χ1) is 10.7. The fraction of sp³-hybridized carbons (Fsp3) is 0.375. The molecule has 0 radical (unpaired) electrons. The van der Waals surface area contributed by atoms with E-state index in [-0.39, 0.29) is 0 Å². The average Bonchev–Trinajstić information content (AvgIpc) is 2.99. The smallest absolute Gasteiger partial charge is 0.250 e. The van der Waals surface area contributed by atoms with Gasteiger partial charge in [0.15, 0.2) is 17.3 Å². The van der Waals surface area contributed by atoms with E-state index >= 15 is 0 Å². The van der Waals surface area contributed by atoms with Gasteiger partial charge in [0.2, 0.25) is 0 Å². The molecule has 0 spiro atoms. The minimum Gasteiger partial charge on any atom is -0.493 e. The predicted octanol–water partition coefficient (Wildman–Crippen LogP) is 2.41. The predicted molar refractivity (Wildman–Crippen MR) is 85.0 cm³/mol. The quantitative estimate of drug-likeness (QED) is 0.847. The molecule has 0 saturated carbocycles. The van der Waals surface area contributed by atoms with Crippen molar-refractivity contribution in [2.24, 2.45) is 0 Å². The highest BCUT2D eigenvalue weighted by atomic mass is 16.5. The van der Waals surface area contributed by atoms with E-state index in [2.05, 4.69) is 22.4 Å². The lowest BCUT2D eigenvalue weighted by molar-refractivity contribution is 0.355. The first-order valence-corrected chi connectivity index (χ1v) is 7.06. The van der Waals surface area contributed by atoms with Crippen molar-refractivity contribution in [2.75, 3.05) is 21.3 Å². The molecule has 6 nitrogen and oxygen atoms in total. The van der Waals surface area contributed by atoms with Gasteiger partial charge in [-0.1, -0.05) is 11.2 Å². The van der Waals surface area contributed by atoms with E-state index in [1.807, 2.05) is 31.3 Å². The molecular weight excluding hydrogens is 282 g/mol. The van der Waals surface area contributed by atoms with Crippen LogP contribution in [-0.2, 0) is 6.42 Å². The summed E-state index contributed by atoms with van der Waals surface area (Å²) in [5.74, 6) is 2.54. The molecule has 0 aliphatic heterocycles. The SMILES string of the molecule is CNC(C)Cc1noc(/C=C/c2ccc(OC)c(OC)c2)n1. The highest BCUT2D eigenvalue weighted by Gasteiger charge is 2.08. The van der Waals surface area contributed by atoms with E-state index in [9.17, 15) is 0 Å². The zero-order chi connectivity index (χ0) is 15.9. The van der Waals surface area contributed by atoms with Crippen LogP contribution in [0.3, 0.4) is 0 Å². The van der Waals surface area contributed by atoms with Gasteiger partial charge < -0.3 is 19.3 Å². The van der Waals surface area contributed by atoms with Crippen LogP contribution in [0.15, 0.2) is 22.7 Å². The van der Waals surface area contributed by atoms with Crippen LogP contribution in [0.1, 0.15) is 24.2 Å². The lowest BCUT2D eigenvalue weighted by Crippen LogP contribution is -2.24. The number of hydrogen-bond acceptors (Lipinski definition) is 6. The molecule has 1 atom stereocenters. The highest BCUT2D eigenvalue weighted by Crippen LogP contribution is 2.28. The Hall–Kier alpha value is -2.34. The van der Waals surface area contributed by atoms with Crippen molar-refractivity contribution in [3.63, 3.8) is 0 Å². The lowest BCUT2D eigenvalue weighted by atomic mass is 10.2. The number of nitrogens with one attached hydrogen (secondary N) is 1. The molecule has 1 aromatic heterocycles. The van der Waals surface area contributed by atoms with Gasteiger partial charge in [0.1, 0.15) is 0 Å². The topological polar surface area (TPSA) is 69.4 Å². The molecule has 0 saturated heterocycles. The third-order valence-electron chi connectivity index (χ3n) is 3.29. The molecule has 1 heterocycles. The van der Waals surface area contributed by atoms with Crippen molar-refractivity contribution in [1.29, 1.82) is 0 Å². The van der Waals surface area contributed by atoms with Crippen molar-refractivity contribution in [3.8, 4) is 11.5 Å². The molecule has 22 heavy (non-hydrogen) atoms. The van der Waals surface area contributed by atoms with E-state index in [4.69, 9.17) is 14.0 Å². The summed E-state index contributed by atoms with van der Waals surface area (Å²) in [6.45, 7) is 2.06. The van der Waals surface area contributed by atoms with Crippen LogP contribution in [0.25, 0.3) is 12.2 Å². The first kappa shape index (κ1) is 16.0. The second-order valence-corrected chi connectivity index (χ2v) is 4.89. The van der Waals surface area contributed by atoms with E-state index in [1.165, 1.54) is 0 Å². The van der Waals surface area contributed by atoms with E-state index in [0.717, 1.165) is 12.0 Å². The molecule has 2 rings (SSSR count). The van der Waals surface area contributed by atoms with Crippen LogP contribution in [0.5, 0.6) is 11.5 Å². The van der Waals surface area contributed by atoms with Crippen LogP contribution in [0, 0.1) is 0 Å². The Balaban J connectivity index is 2.08. The maximum atomic E-state index is 5.27. The van der Waals surface area contributed by atoms with Gasteiger partial charge in [-0.3, -0.25) is 0 Å². The molecule has 1 N–H and O–H groups in total. The zero-order valence-corrected chi connectivity index (χ0v) is 13.3.